The number of ether oxygens (including phenoxy) is 1. The fourth-order valence-electron chi connectivity index (χ4n) is 1.95. The van der Waals surface area contributed by atoms with E-state index in [-0.39, 0.29) is 5.69 Å². The molecular formula is C11H14BrN3O3. The molecular weight excluding hydrogens is 302 g/mol. The molecule has 1 aliphatic rings. The van der Waals surface area contributed by atoms with Crippen LogP contribution in [-0.2, 0) is 4.74 Å². The van der Waals surface area contributed by atoms with E-state index < -0.39 is 4.92 Å². The Morgan fingerprint density at radius 3 is 3.11 bits per heavy atom. The lowest BCUT2D eigenvalue weighted by Crippen LogP contribution is -2.24. The smallest absolute Gasteiger partial charge is 0.311 e. The first-order valence-corrected chi connectivity index (χ1v) is 6.57. The Morgan fingerprint density at radius 2 is 2.44 bits per heavy atom. The van der Waals surface area contributed by atoms with Crippen molar-refractivity contribution in [3.63, 3.8) is 0 Å². The average molecular weight is 316 g/mol. The molecule has 0 bridgehead atoms. The number of rotatable bonds is 4. The maximum absolute atomic E-state index is 10.9. The third-order valence-corrected chi connectivity index (χ3v) is 3.50. The number of hydrogen-bond acceptors (Lipinski definition) is 5. The summed E-state index contributed by atoms with van der Waals surface area (Å²) < 4.78 is 5.99. The van der Waals surface area contributed by atoms with Gasteiger partial charge in [-0.2, -0.15) is 0 Å². The predicted octanol–water partition coefficient (Wildman–Crippen LogP) is 2.59. The Hall–Kier alpha value is -1.21. The van der Waals surface area contributed by atoms with Gasteiger partial charge in [-0.25, -0.2) is 0 Å². The van der Waals surface area contributed by atoms with Gasteiger partial charge < -0.3 is 10.1 Å². The van der Waals surface area contributed by atoms with Gasteiger partial charge in [0.1, 0.15) is 11.9 Å². The van der Waals surface area contributed by atoms with Crippen molar-refractivity contribution in [1.29, 1.82) is 0 Å². The molecule has 1 fully saturated rings. The van der Waals surface area contributed by atoms with Crippen LogP contribution in [0.2, 0.25) is 0 Å². The zero-order chi connectivity index (χ0) is 13.0. The van der Waals surface area contributed by atoms with Gasteiger partial charge in [0.25, 0.3) is 0 Å². The van der Waals surface area contributed by atoms with Crippen LogP contribution in [-0.4, -0.2) is 29.7 Å². The van der Waals surface area contributed by atoms with Gasteiger partial charge in [0.15, 0.2) is 0 Å². The molecule has 1 aliphatic heterocycles. The summed E-state index contributed by atoms with van der Waals surface area (Å²) in [7, 11) is 0. The molecule has 0 aliphatic carbocycles. The minimum absolute atomic E-state index is 0.0129. The van der Waals surface area contributed by atoms with Crippen molar-refractivity contribution in [2.45, 2.75) is 12.8 Å². The molecule has 2 heterocycles. The van der Waals surface area contributed by atoms with Crippen molar-refractivity contribution < 1.29 is 9.66 Å². The maximum Gasteiger partial charge on any atom is 0.311 e. The third kappa shape index (κ3) is 3.17. The molecule has 7 heteroatoms. The van der Waals surface area contributed by atoms with Crippen LogP contribution in [0, 0.1) is 16.0 Å². The molecule has 1 unspecified atom stereocenters. The lowest BCUT2D eigenvalue weighted by atomic mass is 10.0. The van der Waals surface area contributed by atoms with Gasteiger partial charge in [0, 0.05) is 19.3 Å². The SMILES string of the molecule is O=[N+]([O-])c1cncc(Br)c1NCC1CCCOC1. The second-order valence-electron chi connectivity index (χ2n) is 4.24. The fraction of sp³-hybridized carbons (Fsp3) is 0.545. The number of aromatic nitrogens is 1. The Balaban J connectivity index is 2.05. The Bertz CT molecular complexity index is 436. The summed E-state index contributed by atoms with van der Waals surface area (Å²) in [6, 6.07) is 0. The summed E-state index contributed by atoms with van der Waals surface area (Å²) in [5, 5.41) is 14.0. The lowest BCUT2D eigenvalue weighted by molar-refractivity contribution is -0.384. The third-order valence-electron chi connectivity index (χ3n) is 2.90. The minimum atomic E-state index is -0.433. The number of pyridine rings is 1. The Morgan fingerprint density at radius 1 is 1.61 bits per heavy atom. The summed E-state index contributed by atoms with van der Waals surface area (Å²) in [6.45, 7) is 2.20. The normalized spacial score (nSPS) is 19.5. The fourth-order valence-corrected chi connectivity index (χ4v) is 2.41. The number of nitrogens with one attached hydrogen (secondary N) is 1. The standard InChI is InChI=1S/C11H14BrN3O3/c12-9-5-13-6-10(15(16)17)11(9)14-4-8-2-1-3-18-7-8/h5-6,8H,1-4,7H2,(H,13,14). The summed E-state index contributed by atoms with van der Waals surface area (Å²) in [5.41, 5.74) is 0.474. The van der Waals surface area contributed by atoms with Crippen molar-refractivity contribution in [3.8, 4) is 0 Å². The summed E-state index contributed by atoms with van der Waals surface area (Å²) in [5.74, 6) is 0.401. The highest BCUT2D eigenvalue weighted by Crippen LogP contribution is 2.31. The van der Waals surface area contributed by atoms with E-state index in [2.05, 4.69) is 26.2 Å². The topological polar surface area (TPSA) is 77.3 Å². The number of nitrogens with zero attached hydrogens (tertiary/aromatic N) is 2. The molecule has 0 aromatic carbocycles. The average Bonchev–Trinajstić information content (AvgIpc) is 2.38. The van der Waals surface area contributed by atoms with Gasteiger partial charge >= 0.3 is 5.69 Å². The Labute approximate surface area is 113 Å². The molecule has 1 aromatic rings. The van der Waals surface area contributed by atoms with E-state index >= 15 is 0 Å². The molecule has 6 nitrogen and oxygen atoms in total. The van der Waals surface area contributed by atoms with E-state index in [0.717, 1.165) is 19.4 Å². The van der Waals surface area contributed by atoms with Crippen molar-refractivity contribution in [1.82, 2.24) is 4.98 Å². The first-order chi connectivity index (χ1) is 8.68. The van der Waals surface area contributed by atoms with Crippen LogP contribution in [0.1, 0.15) is 12.8 Å². The predicted molar refractivity (Wildman–Crippen MR) is 70.6 cm³/mol. The van der Waals surface area contributed by atoms with Crippen LogP contribution in [0.3, 0.4) is 0 Å². The first-order valence-electron chi connectivity index (χ1n) is 5.78. The molecule has 0 spiro atoms. The van der Waals surface area contributed by atoms with E-state index in [4.69, 9.17) is 4.74 Å². The molecule has 18 heavy (non-hydrogen) atoms. The zero-order valence-electron chi connectivity index (χ0n) is 9.76. The maximum atomic E-state index is 10.9. The highest BCUT2D eigenvalue weighted by molar-refractivity contribution is 9.10. The highest BCUT2D eigenvalue weighted by Gasteiger charge is 2.19. The zero-order valence-corrected chi connectivity index (χ0v) is 11.4. The van der Waals surface area contributed by atoms with E-state index in [1.165, 1.54) is 6.20 Å². The van der Waals surface area contributed by atoms with Gasteiger partial charge in [-0.1, -0.05) is 0 Å². The van der Waals surface area contributed by atoms with Crippen molar-refractivity contribution in [2.75, 3.05) is 25.1 Å². The van der Waals surface area contributed by atoms with Crippen LogP contribution in [0.15, 0.2) is 16.9 Å². The molecule has 0 radical (unpaired) electrons. The van der Waals surface area contributed by atoms with E-state index in [0.29, 0.717) is 29.2 Å². The Kier molecular flexibility index (Phi) is 4.48. The van der Waals surface area contributed by atoms with Crippen LogP contribution < -0.4 is 5.32 Å². The lowest BCUT2D eigenvalue weighted by Gasteiger charge is -2.22. The van der Waals surface area contributed by atoms with E-state index in [9.17, 15) is 10.1 Å². The summed E-state index contributed by atoms with van der Waals surface area (Å²) in [4.78, 5) is 14.3. The van der Waals surface area contributed by atoms with Crippen LogP contribution in [0.25, 0.3) is 0 Å². The summed E-state index contributed by atoms with van der Waals surface area (Å²) >= 11 is 3.28. The first kappa shape index (κ1) is 13.2. The van der Waals surface area contributed by atoms with Crippen molar-refractivity contribution in [2.24, 2.45) is 5.92 Å². The number of halogens is 1. The number of nitro groups is 1. The van der Waals surface area contributed by atoms with Crippen molar-refractivity contribution >= 4 is 27.3 Å². The quantitative estimate of drug-likeness (QED) is 0.682. The molecule has 1 atom stereocenters. The van der Waals surface area contributed by atoms with Crippen molar-refractivity contribution in [3.05, 3.63) is 27.0 Å². The van der Waals surface area contributed by atoms with Crippen LogP contribution in [0.5, 0.6) is 0 Å². The number of hydrogen-bond donors (Lipinski definition) is 1. The molecule has 0 amide bonds. The van der Waals surface area contributed by atoms with Crippen LogP contribution in [0.4, 0.5) is 11.4 Å². The number of anilines is 1. The van der Waals surface area contributed by atoms with Gasteiger partial charge in [0.05, 0.1) is 16.0 Å². The largest absolute Gasteiger partial charge is 0.381 e. The van der Waals surface area contributed by atoms with Crippen LogP contribution >= 0.6 is 15.9 Å². The van der Waals surface area contributed by atoms with Gasteiger partial charge in [-0.3, -0.25) is 15.1 Å². The second-order valence-corrected chi connectivity index (χ2v) is 5.09. The van der Waals surface area contributed by atoms with Gasteiger partial charge in [-0.05, 0) is 34.7 Å². The summed E-state index contributed by atoms with van der Waals surface area (Å²) in [6.07, 6.45) is 4.94. The minimum Gasteiger partial charge on any atom is -0.381 e. The van der Waals surface area contributed by atoms with E-state index in [1.807, 2.05) is 0 Å². The molecule has 1 saturated heterocycles. The van der Waals surface area contributed by atoms with E-state index in [1.54, 1.807) is 6.20 Å². The molecule has 2 rings (SSSR count). The highest BCUT2D eigenvalue weighted by atomic mass is 79.9. The molecule has 98 valence electrons. The molecule has 0 saturated carbocycles. The monoisotopic (exact) mass is 315 g/mol. The van der Waals surface area contributed by atoms with Gasteiger partial charge in [0.2, 0.25) is 0 Å². The van der Waals surface area contributed by atoms with Gasteiger partial charge in [-0.15, -0.1) is 0 Å². The molecule has 1 N–H and O–H groups in total. The second kappa shape index (κ2) is 6.10. The molecule has 1 aromatic heterocycles.